The van der Waals surface area contributed by atoms with E-state index in [1.54, 1.807) is 43.4 Å². The molecule has 1 saturated carbocycles. The van der Waals surface area contributed by atoms with Gasteiger partial charge in [-0.25, -0.2) is 0 Å². The number of aromatic nitrogens is 1. The highest BCUT2D eigenvalue weighted by Crippen LogP contribution is 2.35. The molecule has 1 aliphatic rings. The van der Waals surface area contributed by atoms with Crippen LogP contribution in [0, 0.1) is 0 Å². The zero-order valence-electron chi connectivity index (χ0n) is 9.55. The molecule has 4 heteroatoms. The van der Waals surface area contributed by atoms with E-state index in [4.69, 9.17) is 0 Å². The first-order valence-electron chi connectivity index (χ1n) is 5.42. The summed E-state index contributed by atoms with van der Waals surface area (Å²) in [6, 6.07) is 3.30. The number of amides is 1. The Morgan fingerprint density at radius 2 is 2.19 bits per heavy atom. The normalized spacial score (nSPS) is 28.3. The van der Waals surface area contributed by atoms with Crippen LogP contribution in [0.15, 0.2) is 24.5 Å². The number of nitrogens with zero attached hydrogens (tertiary/aromatic N) is 2. The zero-order valence-corrected chi connectivity index (χ0v) is 9.55. The second kappa shape index (κ2) is 3.87. The first-order valence-corrected chi connectivity index (χ1v) is 5.42. The van der Waals surface area contributed by atoms with E-state index in [0.29, 0.717) is 5.56 Å². The molecule has 2 atom stereocenters. The molecule has 1 heterocycles. The monoisotopic (exact) mass is 220 g/mol. The molecule has 0 aromatic carbocycles. The van der Waals surface area contributed by atoms with Crippen molar-refractivity contribution in [2.75, 3.05) is 7.05 Å². The Morgan fingerprint density at radius 3 is 2.62 bits per heavy atom. The van der Waals surface area contributed by atoms with E-state index in [1.807, 2.05) is 0 Å². The van der Waals surface area contributed by atoms with Crippen LogP contribution < -0.4 is 0 Å². The molecule has 2 rings (SSSR count). The van der Waals surface area contributed by atoms with Crippen molar-refractivity contribution in [3.63, 3.8) is 0 Å². The Labute approximate surface area is 94.9 Å². The summed E-state index contributed by atoms with van der Waals surface area (Å²) in [4.78, 5) is 17.6. The van der Waals surface area contributed by atoms with Crippen molar-refractivity contribution in [3.05, 3.63) is 30.1 Å². The predicted molar refractivity (Wildman–Crippen MR) is 60.0 cm³/mol. The fourth-order valence-electron chi connectivity index (χ4n) is 2.14. The molecule has 1 N–H and O–H groups in total. The quantitative estimate of drug-likeness (QED) is 0.811. The molecule has 0 bridgehead atoms. The number of rotatable bonds is 2. The summed E-state index contributed by atoms with van der Waals surface area (Å²) in [6.07, 6.45) is 4.81. The van der Waals surface area contributed by atoms with Gasteiger partial charge in [0.25, 0.3) is 5.91 Å². The van der Waals surface area contributed by atoms with Gasteiger partial charge in [0.05, 0.1) is 11.6 Å². The molecule has 1 aromatic rings. The predicted octanol–water partition coefficient (Wildman–Crippen LogP) is 1.07. The average Bonchev–Trinajstić information content (AvgIpc) is 2.28. The van der Waals surface area contributed by atoms with Crippen LogP contribution in [-0.4, -0.2) is 39.6 Å². The first-order chi connectivity index (χ1) is 7.52. The highest BCUT2D eigenvalue weighted by atomic mass is 16.3. The summed E-state index contributed by atoms with van der Waals surface area (Å²) in [7, 11) is 1.74. The van der Waals surface area contributed by atoms with E-state index in [9.17, 15) is 9.90 Å². The van der Waals surface area contributed by atoms with Gasteiger partial charge in [0.15, 0.2) is 0 Å². The van der Waals surface area contributed by atoms with Crippen molar-refractivity contribution in [1.82, 2.24) is 9.88 Å². The maximum absolute atomic E-state index is 12.1. The topological polar surface area (TPSA) is 53.4 Å². The van der Waals surface area contributed by atoms with E-state index in [2.05, 4.69) is 4.98 Å². The summed E-state index contributed by atoms with van der Waals surface area (Å²) >= 11 is 0. The van der Waals surface area contributed by atoms with Gasteiger partial charge in [-0.15, -0.1) is 0 Å². The largest absolute Gasteiger partial charge is 0.388 e. The molecule has 0 radical (unpaired) electrons. The van der Waals surface area contributed by atoms with E-state index in [-0.39, 0.29) is 11.9 Å². The van der Waals surface area contributed by atoms with Gasteiger partial charge in [0.2, 0.25) is 0 Å². The van der Waals surface area contributed by atoms with Crippen LogP contribution >= 0.6 is 0 Å². The Hall–Kier alpha value is -1.42. The smallest absolute Gasteiger partial charge is 0.254 e. The van der Waals surface area contributed by atoms with Crippen LogP contribution in [0.25, 0.3) is 0 Å². The third kappa shape index (κ3) is 1.80. The van der Waals surface area contributed by atoms with Gasteiger partial charge < -0.3 is 10.0 Å². The van der Waals surface area contributed by atoms with Gasteiger partial charge in [-0.3, -0.25) is 9.78 Å². The third-order valence-electron chi connectivity index (χ3n) is 3.36. The lowest BCUT2D eigenvalue weighted by atomic mass is 9.75. The summed E-state index contributed by atoms with van der Waals surface area (Å²) in [6.45, 7) is 1.78. The number of aliphatic hydroxyl groups is 1. The summed E-state index contributed by atoms with van der Waals surface area (Å²) in [5.41, 5.74) is -0.127. The molecule has 0 unspecified atom stereocenters. The number of hydrogen-bond donors (Lipinski definition) is 1. The summed E-state index contributed by atoms with van der Waals surface area (Å²) < 4.78 is 0. The molecule has 4 nitrogen and oxygen atoms in total. The second-order valence-electron chi connectivity index (χ2n) is 4.56. The van der Waals surface area contributed by atoms with Gasteiger partial charge in [-0.2, -0.15) is 0 Å². The number of carbonyl (C=O) groups excluding carboxylic acids is 1. The lowest BCUT2D eigenvalue weighted by Gasteiger charge is -2.47. The molecule has 86 valence electrons. The number of hydrogen-bond acceptors (Lipinski definition) is 3. The van der Waals surface area contributed by atoms with Crippen LogP contribution in [0.4, 0.5) is 0 Å². The van der Waals surface area contributed by atoms with Gasteiger partial charge in [0.1, 0.15) is 0 Å². The van der Waals surface area contributed by atoms with Gasteiger partial charge in [-0.05, 0) is 31.9 Å². The minimum Gasteiger partial charge on any atom is -0.388 e. The summed E-state index contributed by atoms with van der Waals surface area (Å²) in [5.74, 6) is -0.0626. The second-order valence-corrected chi connectivity index (χ2v) is 4.56. The molecule has 0 aliphatic heterocycles. The molecule has 1 fully saturated rings. The van der Waals surface area contributed by atoms with Crippen LogP contribution in [0.1, 0.15) is 30.1 Å². The lowest BCUT2D eigenvalue weighted by Crippen LogP contribution is -2.58. The minimum absolute atomic E-state index is 0.0626. The van der Waals surface area contributed by atoms with E-state index in [1.165, 1.54) is 0 Å². The van der Waals surface area contributed by atoms with Gasteiger partial charge >= 0.3 is 0 Å². The Morgan fingerprint density at radius 1 is 1.56 bits per heavy atom. The van der Waals surface area contributed by atoms with Crippen molar-refractivity contribution in [2.24, 2.45) is 0 Å². The highest BCUT2D eigenvalue weighted by molar-refractivity contribution is 5.94. The Bertz CT molecular complexity index is 389. The molecular formula is C12H16N2O2. The van der Waals surface area contributed by atoms with Gasteiger partial charge in [0, 0.05) is 25.0 Å². The van der Waals surface area contributed by atoms with Crippen molar-refractivity contribution in [1.29, 1.82) is 0 Å². The SMILES string of the molecule is CN(C(=O)c1ccncc1)[C@@H]1CC[C@@]1(C)O. The van der Waals surface area contributed by atoms with Crippen molar-refractivity contribution < 1.29 is 9.90 Å². The molecule has 1 aliphatic carbocycles. The summed E-state index contributed by atoms with van der Waals surface area (Å²) in [5, 5.41) is 9.93. The van der Waals surface area contributed by atoms with E-state index >= 15 is 0 Å². The fourth-order valence-corrected chi connectivity index (χ4v) is 2.14. The Kier molecular flexibility index (Phi) is 2.68. The van der Waals surface area contributed by atoms with Gasteiger partial charge in [-0.1, -0.05) is 0 Å². The average molecular weight is 220 g/mol. The molecule has 1 amide bonds. The standard InChI is InChI=1S/C12H16N2O2/c1-12(16)6-3-10(12)14(2)11(15)9-4-7-13-8-5-9/h4-5,7-8,10,16H,3,6H2,1-2H3/t10-,12-/m1/s1. The maximum atomic E-state index is 12.1. The van der Waals surface area contributed by atoms with E-state index in [0.717, 1.165) is 12.8 Å². The number of pyridine rings is 1. The van der Waals surface area contributed by atoms with E-state index < -0.39 is 5.60 Å². The third-order valence-corrected chi connectivity index (χ3v) is 3.36. The van der Waals surface area contributed by atoms with Crippen LogP contribution in [0.5, 0.6) is 0 Å². The van der Waals surface area contributed by atoms with Crippen molar-refractivity contribution in [3.8, 4) is 0 Å². The minimum atomic E-state index is -0.739. The molecular weight excluding hydrogens is 204 g/mol. The van der Waals surface area contributed by atoms with Crippen molar-refractivity contribution in [2.45, 2.75) is 31.4 Å². The first kappa shape index (κ1) is 11.1. The molecule has 16 heavy (non-hydrogen) atoms. The molecule has 1 aromatic heterocycles. The number of carbonyl (C=O) groups is 1. The molecule has 0 saturated heterocycles. The Balaban J connectivity index is 2.12. The zero-order chi connectivity index (χ0) is 11.8. The maximum Gasteiger partial charge on any atom is 0.254 e. The van der Waals surface area contributed by atoms with Crippen LogP contribution in [0.3, 0.4) is 0 Å². The fraction of sp³-hybridized carbons (Fsp3) is 0.500. The van der Waals surface area contributed by atoms with Crippen LogP contribution in [0.2, 0.25) is 0 Å². The van der Waals surface area contributed by atoms with Crippen LogP contribution in [-0.2, 0) is 0 Å². The highest BCUT2D eigenvalue weighted by Gasteiger charge is 2.44. The molecule has 0 spiro atoms. The van der Waals surface area contributed by atoms with Crippen molar-refractivity contribution >= 4 is 5.91 Å². The lowest BCUT2D eigenvalue weighted by molar-refractivity contribution is -0.0859. The number of likely N-dealkylation sites (N-methyl/N-ethyl adjacent to an activating group) is 1.